The van der Waals surface area contributed by atoms with Crippen LogP contribution in [-0.2, 0) is 0 Å². The lowest BCUT2D eigenvalue weighted by Crippen LogP contribution is -2.30. The molecule has 0 fully saturated rings. The van der Waals surface area contributed by atoms with Crippen LogP contribution in [-0.4, -0.2) is 17.0 Å². The number of carbonyl (C=O) groups is 1. The van der Waals surface area contributed by atoms with Crippen molar-refractivity contribution in [2.45, 2.75) is 20.0 Å². The van der Waals surface area contributed by atoms with Crippen molar-refractivity contribution < 1.29 is 9.53 Å². The van der Waals surface area contributed by atoms with Crippen LogP contribution in [0.2, 0.25) is 0 Å². The number of nitrogen functional groups attached to an aromatic ring is 1. The minimum atomic E-state index is -0.391. The molecule has 0 spiro atoms. The van der Waals surface area contributed by atoms with Gasteiger partial charge >= 0.3 is 0 Å². The van der Waals surface area contributed by atoms with Crippen LogP contribution in [0.15, 0.2) is 16.7 Å². The summed E-state index contributed by atoms with van der Waals surface area (Å²) in [7, 11) is 0. The Morgan fingerprint density at radius 1 is 1.67 bits per heavy atom. The molecule has 1 heterocycles. The van der Waals surface area contributed by atoms with Gasteiger partial charge in [0.15, 0.2) is 0 Å². The number of nitrogens with zero attached hydrogens (tertiary/aromatic N) is 1. The molecule has 5 nitrogen and oxygen atoms in total. The van der Waals surface area contributed by atoms with Crippen LogP contribution in [0.5, 0.6) is 5.88 Å². The number of hydrazine groups is 1. The van der Waals surface area contributed by atoms with Crippen LogP contribution in [0, 0.1) is 0 Å². The van der Waals surface area contributed by atoms with Crippen molar-refractivity contribution in [3.63, 3.8) is 0 Å². The number of hydrogen-bond acceptors (Lipinski definition) is 4. The highest BCUT2D eigenvalue weighted by Crippen LogP contribution is 2.26. The second kappa shape index (κ2) is 5.09. The first-order valence-electron chi connectivity index (χ1n) is 4.38. The summed E-state index contributed by atoms with van der Waals surface area (Å²) < 4.78 is 5.90. The highest BCUT2D eigenvalue weighted by molar-refractivity contribution is 9.10. The third kappa shape index (κ3) is 2.90. The molecule has 0 aliphatic heterocycles. The summed E-state index contributed by atoms with van der Waals surface area (Å²) in [4.78, 5) is 15.3. The number of aromatic nitrogens is 1. The molecule has 0 unspecified atom stereocenters. The number of amides is 1. The molecule has 1 amide bonds. The Kier molecular flexibility index (Phi) is 4.05. The van der Waals surface area contributed by atoms with Crippen LogP contribution >= 0.6 is 15.9 Å². The summed E-state index contributed by atoms with van der Waals surface area (Å²) in [5, 5.41) is 0. The topological polar surface area (TPSA) is 77.2 Å². The van der Waals surface area contributed by atoms with Crippen molar-refractivity contribution in [3.8, 4) is 5.88 Å². The summed E-state index contributed by atoms with van der Waals surface area (Å²) >= 11 is 3.25. The van der Waals surface area contributed by atoms with Gasteiger partial charge in [0.05, 0.1) is 16.1 Å². The first-order chi connectivity index (χ1) is 7.06. The molecule has 1 rings (SSSR count). The fraction of sp³-hybridized carbons (Fsp3) is 0.333. The zero-order valence-electron chi connectivity index (χ0n) is 8.45. The molecule has 82 valence electrons. The van der Waals surface area contributed by atoms with Gasteiger partial charge in [-0.05, 0) is 35.8 Å². The molecule has 0 saturated heterocycles. The minimum Gasteiger partial charge on any atom is -0.474 e. The molecule has 0 atom stereocenters. The Morgan fingerprint density at radius 3 is 2.87 bits per heavy atom. The number of ether oxygens (including phenoxy) is 1. The second-order valence-electron chi connectivity index (χ2n) is 3.12. The van der Waals surface area contributed by atoms with Gasteiger partial charge in [-0.1, -0.05) is 0 Å². The summed E-state index contributed by atoms with van der Waals surface area (Å²) in [6.07, 6.45) is 1.48. The van der Waals surface area contributed by atoms with Crippen LogP contribution in [0.25, 0.3) is 0 Å². The van der Waals surface area contributed by atoms with E-state index in [0.29, 0.717) is 15.9 Å². The van der Waals surface area contributed by atoms with Gasteiger partial charge in [0.2, 0.25) is 5.88 Å². The van der Waals surface area contributed by atoms with E-state index < -0.39 is 5.91 Å². The van der Waals surface area contributed by atoms with Gasteiger partial charge in [-0.3, -0.25) is 10.2 Å². The molecule has 1 aromatic heterocycles. The molecule has 0 aliphatic rings. The van der Waals surface area contributed by atoms with Crippen molar-refractivity contribution in [2.24, 2.45) is 5.84 Å². The van der Waals surface area contributed by atoms with Gasteiger partial charge in [0, 0.05) is 6.20 Å². The molecular weight excluding hydrogens is 262 g/mol. The Morgan fingerprint density at radius 2 is 2.33 bits per heavy atom. The van der Waals surface area contributed by atoms with Crippen LogP contribution < -0.4 is 16.0 Å². The number of nitrogens with two attached hydrogens (primary N) is 1. The van der Waals surface area contributed by atoms with E-state index in [1.54, 1.807) is 6.07 Å². The van der Waals surface area contributed by atoms with Crippen molar-refractivity contribution in [2.75, 3.05) is 0 Å². The van der Waals surface area contributed by atoms with Gasteiger partial charge in [-0.25, -0.2) is 10.8 Å². The Labute approximate surface area is 96.1 Å². The van der Waals surface area contributed by atoms with Crippen molar-refractivity contribution in [1.82, 2.24) is 10.4 Å². The average molecular weight is 274 g/mol. The van der Waals surface area contributed by atoms with Crippen molar-refractivity contribution in [1.29, 1.82) is 0 Å². The monoisotopic (exact) mass is 273 g/mol. The average Bonchev–Trinajstić information content (AvgIpc) is 2.19. The Bertz CT molecular complexity index is 368. The van der Waals surface area contributed by atoms with Gasteiger partial charge in [0.25, 0.3) is 5.91 Å². The lowest BCUT2D eigenvalue weighted by atomic mass is 10.2. The number of carbonyl (C=O) groups excluding carboxylic acids is 1. The summed E-state index contributed by atoms with van der Waals surface area (Å²) in [5.74, 6) is 5.03. The molecule has 15 heavy (non-hydrogen) atoms. The van der Waals surface area contributed by atoms with E-state index in [1.807, 2.05) is 13.8 Å². The molecule has 3 N–H and O–H groups in total. The number of nitrogens with one attached hydrogen (secondary N) is 1. The Hall–Kier alpha value is -1.14. The molecule has 0 aliphatic carbocycles. The van der Waals surface area contributed by atoms with Gasteiger partial charge in [-0.15, -0.1) is 0 Å². The maximum atomic E-state index is 11.3. The third-order valence-electron chi connectivity index (χ3n) is 1.58. The van der Waals surface area contributed by atoms with Crippen LogP contribution in [0.1, 0.15) is 24.2 Å². The standard InChI is InChI=1S/C9H12BrN3O2/c1-5(2)15-9-7(10)6(3-4-12-9)8(14)13-11/h3-5H,11H2,1-2H3,(H,13,14). The van der Waals surface area contributed by atoms with Crippen molar-refractivity contribution in [3.05, 3.63) is 22.3 Å². The smallest absolute Gasteiger partial charge is 0.266 e. The van der Waals surface area contributed by atoms with Gasteiger partial charge in [-0.2, -0.15) is 0 Å². The molecular formula is C9H12BrN3O2. The second-order valence-corrected chi connectivity index (χ2v) is 3.91. The summed E-state index contributed by atoms with van der Waals surface area (Å²) in [6.45, 7) is 3.76. The number of halogens is 1. The van der Waals surface area contributed by atoms with Crippen molar-refractivity contribution >= 4 is 21.8 Å². The highest BCUT2D eigenvalue weighted by atomic mass is 79.9. The fourth-order valence-electron chi connectivity index (χ4n) is 0.983. The molecule has 0 aromatic carbocycles. The predicted octanol–water partition coefficient (Wildman–Crippen LogP) is 1.23. The maximum absolute atomic E-state index is 11.3. The van der Waals surface area contributed by atoms with E-state index in [9.17, 15) is 4.79 Å². The van der Waals surface area contributed by atoms with E-state index in [0.717, 1.165) is 0 Å². The maximum Gasteiger partial charge on any atom is 0.266 e. The van der Waals surface area contributed by atoms with Crippen LogP contribution in [0.3, 0.4) is 0 Å². The van der Waals surface area contributed by atoms with Gasteiger partial charge < -0.3 is 4.74 Å². The van der Waals surface area contributed by atoms with Gasteiger partial charge in [0.1, 0.15) is 0 Å². The fourth-order valence-corrected chi connectivity index (χ4v) is 1.49. The van der Waals surface area contributed by atoms with Crippen LogP contribution in [0.4, 0.5) is 0 Å². The zero-order chi connectivity index (χ0) is 11.4. The number of hydrogen-bond donors (Lipinski definition) is 2. The number of pyridine rings is 1. The first kappa shape index (κ1) is 11.9. The lowest BCUT2D eigenvalue weighted by Gasteiger charge is -2.11. The molecule has 0 radical (unpaired) electrons. The molecule has 1 aromatic rings. The predicted molar refractivity (Wildman–Crippen MR) is 59.4 cm³/mol. The SMILES string of the molecule is CC(C)Oc1nccc(C(=O)NN)c1Br. The number of rotatable bonds is 3. The van der Waals surface area contributed by atoms with E-state index in [1.165, 1.54) is 6.20 Å². The lowest BCUT2D eigenvalue weighted by molar-refractivity contribution is 0.0951. The third-order valence-corrected chi connectivity index (χ3v) is 2.35. The normalized spacial score (nSPS) is 10.2. The van der Waals surface area contributed by atoms with E-state index in [-0.39, 0.29) is 6.10 Å². The molecule has 0 bridgehead atoms. The highest BCUT2D eigenvalue weighted by Gasteiger charge is 2.14. The van der Waals surface area contributed by atoms with E-state index >= 15 is 0 Å². The molecule has 0 saturated carbocycles. The summed E-state index contributed by atoms with van der Waals surface area (Å²) in [6, 6.07) is 1.56. The first-order valence-corrected chi connectivity index (χ1v) is 5.17. The van der Waals surface area contributed by atoms with E-state index in [4.69, 9.17) is 10.6 Å². The zero-order valence-corrected chi connectivity index (χ0v) is 10.0. The quantitative estimate of drug-likeness (QED) is 0.494. The summed E-state index contributed by atoms with van der Waals surface area (Å²) in [5.41, 5.74) is 2.44. The molecule has 6 heteroatoms. The minimum absolute atomic E-state index is 0.00927. The van der Waals surface area contributed by atoms with E-state index in [2.05, 4.69) is 26.3 Å². The largest absolute Gasteiger partial charge is 0.474 e. The Balaban J connectivity index is 3.05.